The average molecular weight is 315 g/mol. The zero-order valence-corrected chi connectivity index (χ0v) is 12.9. The molecule has 5 heteroatoms. The molecule has 0 bridgehead atoms. The maximum Gasteiger partial charge on any atom is 0.182 e. The van der Waals surface area contributed by atoms with Gasteiger partial charge in [0.25, 0.3) is 0 Å². The predicted octanol–water partition coefficient (Wildman–Crippen LogP) is 2.63. The monoisotopic (exact) mass is 315 g/mol. The third-order valence-corrected chi connectivity index (χ3v) is 5.41. The quantitative estimate of drug-likeness (QED) is 0.910. The molecule has 0 fully saturated rings. The fourth-order valence-corrected chi connectivity index (χ4v) is 3.91. The number of nitrogens with one attached hydrogen (secondary N) is 1. The van der Waals surface area contributed by atoms with Crippen LogP contribution in [0.15, 0.2) is 59.6 Å². The molecule has 2 aromatic rings. The lowest BCUT2D eigenvalue weighted by Crippen LogP contribution is -2.05. The van der Waals surface area contributed by atoms with E-state index in [-0.39, 0.29) is 17.3 Å². The van der Waals surface area contributed by atoms with E-state index in [1.165, 1.54) is 12.1 Å². The van der Waals surface area contributed by atoms with E-state index in [0.717, 1.165) is 28.9 Å². The zero-order chi connectivity index (χ0) is 15.7. The Bertz CT molecular complexity index is 823. The SMILES string of the molecule is C=C1Cc2cc(CS(=O)(=O)c3ccc(CO)cc3)ccc2N1. The summed E-state index contributed by atoms with van der Waals surface area (Å²) in [5, 5.41) is 12.2. The second-order valence-corrected chi connectivity index (χ2v) is 7.45. The lowest BCUT2D eigenvalue weighted by molar-refractivity contribution is 0.282. The van der Waals surface area contributed by atoms with Gasteiger partial charge in [-0.25, -0.2) is 8.42 Å². The van der Waals surface area contributed by atoms with Gasteiger partial charge in [0.15, 0.2) is 9.84 Å². The average Bonchev–Trinajstić information content (AvgIpc) is 2.86. The third kappa shape index (κ3) is 2.91. The number of anilines is 1. The Morgan fingerprint density at radius 2 is 1.77 bits per heavy atom. The molecule has 0 amide bonds. The minimum absolute atomic E-state index is 0.0365. The number of allylic oxidation sites excluding steroid dienone is 1. The van der Waals surface area contributed by atoms with Crippen LogP contribution in [-0.2, 0) is 28.6 Å². The number of fused-ring (bicyclic) bond motifs is 1. The fraction of sp³-hybridized carbons (Fsp3) is 0.176. The Hall–Kier alpha value is -2.11. The molecule has 2 aromatic carbocycles. The molecule has 0 spiro atoms. The lowest BCUT2D eigenvalue weighted by atomic mass is 10.1. The molecule has 1 aliphatic rings. The number of rotatable bonds is 4. The summed E-state index contributed by atoms with van der Waals surface area (Å²) in [7, 11) is -3.39. The smallest absolute Gasteiger partial charge is 0.182 e. The van der Waals surface area contributed by atoms with E-state index in [1.807, 2.05) is 18.2 Å². The number of benzene rings is 2. The van der Waals surface area contributed by atoms with Gasteiger partial charge in [0.1, 0.15) is 0 Å². The van der Waals surface area contributed by atoms with Crippen molar-refractivity contribution in [2.24, 2.45) is 0 Å². The second kappa shape index (κ2) is 5.59. The number of hydrogen-bond acceptors (Lipinski definition) is 4. The van der Waals surface area contributed by atoms with Gasteiger partial charge in [-0.1, -0.05) is 30.8 Å². The number of hydrogen-bond donors (Lipinski definition) is 2. The van der Waals surface area contributed by atoms with Crippen molar-refractivity contribution in [3.05, 3.63) is 71.4 Å². The van der Waals surface area contributed by atoms with Gasteiger partial charge in [0.2, 0.25) is 0 Å². The van der Waals surface area contributed by atoms with Crippen LogP contribution in [0.1, 0.15) is 16.7 Å². The molecule has 3 rings (SSSR count). The first-order valence-corrected chi connectivity index (χ1v) is 8.62. The molecule has 1 heterocycles. The number of aliphatic hydroxyl groups is 1. The minimum atomic E-state index is -3.39. The zero-order valence-electron chi connectivity index (χ0n) is 12.0. The molecule has 0 saturated carbocycles. The van der Waals surface area contributed by atoms with Crippen LogP contribution >= 0.6 is 0 Å². The topological polar surface area (TPSA) is 66.4 Å². The van der Waals surface area contributed by atoms with Gasteiger partial charge in [-0.05, 0) is 34.9 Å². The van der Waals surface area contributed by atoms with Crippen LogP contribution in [0.25, 0.3) is 0 Å². The molecule has 0 radical (unpaired) electrons. The Labute approximate surface area is 130 Å². The molecule has 0 aliphatic carbocycles. The van der Waals surface area contributed by atoms with Crippen LogP contribution in [0.5, 0.6) is 0 Å². The summed E-state index contributed by atoms with van der Waals surface area (Å²) < 4.78 is 24.9. The minimum Gasteiger partial charge on any atom is -0.392 e. The molecule has 0 aromatic heterocycles. The summed E-state index contributed by atoms with van der Waals surface area (Å²) in [5.41, 5.74) is 4.46. The van der Waals surface area contributed by atoms with Crippen molar-refractivity contribution in [3.63, 3.8) is 0 Å². The van der Waals surface area contributed by atoms with Gasteiger partial charge < -0.3 is 10.4 Å². The fourth-order valence-electron chi connectivity index (χ4n) is 2.57. The number of sulfone groups is 1. The Morgan fingerprint density at radius 1 is 1.09 bits per heavy atom. The van der Waals surface area contributed by atoms with Gasteiger partial charge in [-0.15, -0.1) is 0 Å². The molecular formula is C17H17NO3S. The Morgan fingerprint density at radius 3 is 2.45 bits per heavy atom. The molecule has 4 nitrogen and oxygen atoms in total. The van der Waals surface area contributed by atoms with E-state index in [4.69, 9.17) is 5.11 Å². The van der Waals surface area contributed by atoms with E-state index in [1.54, 1.807) is 12.1 Å². The van der Waals surface area contributed by atoms with Crippen LogP contribution in [0.2, 0.25) is 0 Å². The van der Waals surface area contributed by atoms with Crippen LogP contribution in [0.4, 0.5) is 5.69 Å². The van der Waals surface area contributed by atoms with E-state index in [9.17, 15) is 8.42 Å². The highest BCUT2D eigenvalue weighted by atomic mass is 32.2. The van der Waals surface area contributed by atoms with E-state index < -0.39 is 9.84 Å². The van der Waals surface area contributed by atoms with Crippen LogP contribution < -0.4 is 5.32 Å². The largest absolute Gasteiger partial charge is 0.392 e. The normalized spacial score (nSPS) is 13.8. The first-order valence-electron chi connectivity index (χ1n) is 6.97. The van der Waals surface area contributed by atoms with E-state index in [2.05, 4.69) is 11.9 Å². The molecular weight excluding hydrogens is 298 g/mol. The van der Waals surface area contributed by atoms with Gasteiger partial charge in [-0.2, -0.15) is 0 Å². The molecule has 2 N–H and O–H groups in total. The van der Waals surface area contributed by atoms with Crippen molar-refractivity contribution in [3.8, 4) is 0 Å². The maximum atomic E-state index is 12.5. The summed E-state index contributed by atoms with van der Waals surface area (Å²) in [6.45, 7) is 3.79. The Balaban J connectivity index is 1.85. The van der Waals surface area contributed by atoms with Crippen molar-refractivity contribution in [1.29, 1.82) is 0 Å². The first kappa shape index (κ1) is 14.8. The summed E-state index contributed by atoms with van der Waals surface area (Å²) in [5.74, 6) is -0.0365. The Kier molecular flexibility index (Phi) is 3.76. The van der Waals surface area contributed by atoms with Crippen LogP contribution in [0.3, 0.4) is 0 Å². The van der Waals surface area contributed by atoms with Crippen molar-refractivity contribution < 1.29 is 13.5 Å². The van der Waals surface area contributed by atoms with E-state index >= 15 is 0 Å². The predicted molar refractivity (Wildman–Crippen MR) is 86.2 cm³/mol. The molecule has 114 valence electrons. The van der Waals surface area contributed by atoms with Gasteiger partial charge in [0, 0.05) is 17.8 Å². The summed E-state index contributed by atoms with van der Waals surface area (Å²) in [6.07, 6.45) is 0.731. The van der Waals surface area contributed by atoms with Crippen molar-refractivity contribution in [2.45, 2.75) is 23.7 Å². The molecule has 0 atom stereocenters. The lowest BCUT2D eigenvalue weighted by Gasteiger charge is -2.07. The van der Waals surface area contributed by atoms with E-state index in [0.29, 0.717) is 5.56 Å². The van der Waals surface area contributed by atoms with Gasteiger partial charge in [-0.3, -0.25) is 0 Å². The molecule has 1 aliphatic heterocycles. The molecule has 22 heavy (non-hydrogen) atoms. The van der Waals surface area contributed by atoms with Gasteiger partial charge >= 0.3 is 0 Å². The van der Waals surface area contributed by atoms with Crippen LogP contribution in [-0.4, -0.2) is 13.5 Å². The maximum absolute atomic E-state index is 12.5. The molecule has 0 saturated heterocycles. The van der Waals surface area contributed by atoms with Crippen LogP contribution in [0, 0.1) is 0 Å². The summed E-state index contributed by atoms with van der Waals surface area (Å²) in [6, 6.07) is 12.0. The summed E-state index contributed by atoms with van der Waals surface area (Å²) >= 11 is 0. The third-order valence-electron chi connectivity index (χ3n) is 3.71. The highest BCUT2D eigenvalue weighted by molar-refractivity contribution is 7.90. The number of aliphatic hydroxyl groups excluding tert-OH is 1. The standard InChI is InChI=1S/C17H17NO3S/c1-12-8-15-9-14(4-7-17(15)18-12)11-22(20,21)16-5-2-13(10-19)3-6-16/h2-7,9,18-19H,1,8,10-11H2. The molecule has 0 unspecified atom stereocenters. The van der Waals surface area contributed by atoms with Gasteiger partial charge in [0.05, 0.1) is 17.3 Å². The van der Waals surface area contributed by atoms with Crippen molar-refractivity contribution in [1.82, 2.24) is 0 Å². The van der Waals surface area contributed by atoms with Crippen molar-refractivity contribution in [2.75, 3.05) is 5.32 Å². The second-order valence-electron chi connectivity index (χ2n) is 5.46. The highest BCUT2D eigenvalue weighted by Gasteiger charge is 2.18. The summed E-state index contributed by atoms with van der Waals surface area (Å²) in [4.78, 5) is 0.271. The van der Waals surface area contributed by atoms with Crippen molar-refractivity contribution >= 4 is 15.5 Å². The highest BCUT2D eigenvalue weighted by Crippen LogP contribution is 2.29. The first-order chi connectivity index (χ1) is 10.5.